The summed E-state index contributed by atoms with van der Waals surface area (Å²) in [7, 11) is 0. The number of nitrogens with two attached hydrogens (primary N) is 1. The van der Waals surface area contributed by atoms with Crippen LogP contribution in [0.15, 0.2) is 6.20 Å². The van der Waals surface area contributed by atoms with Crippen molar-refractivity contribution in [3.63, 3.8) is 0 Å². The van der Waals surface area contributed by atoms with E-state index in [1.54, 1.807) is 6.20 Å². The van der Waals surface area contributed by atoms with Crippen LogP contribution in [0.25, 0.3) is 0 Å². The number of aliphatic carboxylic acids is 1. The normalized spacial score (nSPS) is 18.5. The molecule has 70 valence electrons. The predicted octanol–water partition coefficient (Wildman–Crippen LogP) is -0.690. The standard InChI is InChI=1S/C7H10N4O2/c8-3-5-4-11(10-9-5)7(1-2-7)6(12)13/h4H,1-3,8H2,(H,12,13). The second-order valence-electron chi connectivity index (χ2n) is 3.20. The van der Waals surface area contributed by atoms with Crippen LogP contribution < -0.4 is 5.73 Å². The molecule has 0 aromatic carbocycles. The molecule has 0 unspecified atom stereocenters. The summed E-state index contributed by atoms with van der Waals surface area (Å²) < 4.78 is 1.40. The molecule has 0 spiro atoms. The maximum atomic E-state index is 10.9. The molecule has 1 aromatic heterocycles. The van der Waals surface area contributed by atoms with Crippen LogP contribution in [0.4, 0.5) is 0 Å². The molecule has 0 radical (unpaired) electrons. The Bertz CT molecular complexity index is 342. The molecule has 0 saturated heterocycles. The number of hydrogen-bond acceptors (Lipinski definition) is 4. The third-order valence-electron chi connectivity index (χ3n) is 2.31. The first-order chi connectivity index (χ1) is 6.19. The van der Waals surface area contributed by atoms with E-state index in [0.717, 1.165) is 0 Å². The highest BCUT2D eigenvalue weighted by atomic mass is 16.4. The lowest BCUT2D eigenvalue weighted by atomic mass is 10.3. The van der Waals surface area contributed by atoms with Crippen LogP contribution in [0.5, 0.6) is 0 Å². The van der Waals surface area contributed by atoms with Crippen LogP contribution >= 0.6 is 0 Å². The van der Waals surface area contributed by atoms with E-state index in [1.165, 1.54) is 4.68 Å². The lowest BCUT2D eigenvalue weighted by molar-refractivity contribution is -0.142. The minimum Gasteiger partial charge on any atom is -0.479 e. The maximum absolute atomic E-state index is 10.9. The topological polar surface area (TPSA) is 94.0 Å². The largest absolute Gasteiger partial charge is 0.479 e. The molecule has 1 fully saturated rings. The first kappa shape index (κ1) is 8.18. The molecule has 1 aliphatic rings. The fraction of sp³-hybridized carbons (Fsp3) is 0.571. The summed E-state index contributed by atoms with van der Waals surface area (Å²) in [6, 6.07) is 0. The Kier molecular flexibility index (Phi) is 1.59. The van der Waals surface area contributed by atoms with Gasteiger partial charge in [0.25, 0.3) is 0 Å². The van der Waals surface area contributed by atoms with E-state index in [-0.39, 0.29) is 6.54 Å². The fourth-order valence-electron chi connectivity index (χ4n) is 1.26. The Morgan fingerprint density at radius 3 is 2.85 bits per heavy atom. The molecular weight excluding hydrogens is 172 g/mol. The van der Waals surface area contributed by atoms with Crippen LogP contribution in [0.2, 0.25) is 0 Å². The molecule has 6 nitrogen and oxygen atoms in total. The van der Waals surface area contributed by atoms with Crippen molar-refractivity contribution in [3.8, 4) is 0 Å². The van der Waals surface area contributed by atoms with Gasteiger partial charge in [-0.2, -0.15) is 0 Å². The summed E-state index contributed by atoms with van der Waals surface area (Å²) in [5.41, 5.74) is 5.12. The molecule has 2 rings (SSSR count). The highest BCUT2D eigenvalue weighted by Crippen LogP contribution is 2.42. The van der Waals surface area contributed by atoms with Gasteiger partial charge >= 0.3 is 5.97 Å². The van der Waals surface area contributed by atoms with Crippen LogP contribution in [-0.4, -0.2) is 26.1 Å². The highest BCUT2D eigenvalue weighted by molar-refractivity contribution is 5.79. The van der Waals surface area contributed by atoms with E-state index >= 15 is 0 Å². The van der Waals surface area contributed by atoms with Gasteiger partial charge in [-0.05, 0) is 12.8 Å². The molecule has 6 heteroatoms. The molecule has 0 amide bonds. The van der Waals surface area contributed by atoms with Crippen LogP contribution in [0.3, 0.4) is 0 Å². The highest BCUT2D eigenvalue weighted by Gasteiger charge is 2.53. The predicted molar refractivity (Wildman–Crippen MR) is 42.8 cm³/mol. The minimum absolute atomic E-state index is 0.287. The van der Waals surface area contributed by atoms with Crippen molar-refractivity contribution in [1.82, 2.24) is 15.0 Å². The van der Waals surface area contributed by atoms with Gasteiger partial charge in [0, 0.05) is 6.54 Å². The Balaban J connectivity index is 2.30. The zero-order valence-corrected chi connectivity index (χ0v) is 6.97. The van der Waals surface area contributed by atoms with E-state index in [0.29, 0.717) is 18.5 Å². The van der Waals surface area contributed by atoms with Crippen LogP contribution in [0.1, 0.15) is 18.5 Å². The maximum Gasteiger partial charge on any atom is 0.331 e. The lowest BCUT2D eigenvalue weighted by Gasteiger charge is -2.07. The van der Waals surface area contributed by atoms with E-state index in [1.807, 2.05) is 0 Å². The van der Waals surface area contributed by atoms with Crippen LogP contribution in [0, 0.1) is 0 Å². The van der Waals surface area contributed by atoms with Gasteiger partial charge in [0.2, 0.25) is 0 Å². The van der Waals surface area contributed by atoms with Crippen molar-refractivity contribution < 1.29 is 9.90 Å². The average Bonchev–Trinajstić information content (AvgIpc) is 2.79. The monoisotopic (exact) mass is 182 g/mol. The Morgan fingerprint density at radius 1 is 1.77 bits per heavy atom. The Morgan fingerprint density at radius 2 is 2.46 bits per heavy atom. The Hall–Kier alpha value is -1.43. The van der Waals surface area contributed by atoms with Crippen LogP contribution in [-0.2, 0) is 16.9 Å². The average molecular weight is 182 g/mol. The van der Waals surface area contributed by atoms with Gasteiger partial charge in [-0.1, -0.05) is 5.21 Å². The van der Waals surface area contributed by atoms with Gasteiger partial charge in [-0.3, -0.25) is 0 Å². The minimum atomic E-state index is -0.846. The molecular formula is C7H10N4O2. The first-order valence-electron chi connectivity index (χ1n) is 4.04. The van der Waals surface area contributed by atoms with Gasteiger partial charge in [0.1, 0.15) is 0 Å². The number of carboxylic acid groups (broad SMARTS) is 1. The van der Waals surface area contributed by atoms with E-state index in [9.17, 15) is 4.79 Å². The number of rotatable bonds is 3. The van der Waals surface area contributed by atoms with Gasteiger partial charge in [-0.15, -0.1) is 5.10 Å². The lowest BCUT2D eigenvalue weighted by Crippen LogP contribution is -2.27. The SMILES string of the molecule is NCc1cn(C2(C(=O)O)CC2)nn1. The van der Waals surface area contributed by atoms with Crippen molar-refractivity contribution in [3.05, 3.63) is 11.9 Å². The van der Waals surface area contributed by atoms with Crippen molar-refractivity contribution in [2.24, 2.45) is 5.73 Å². The fourth-order valence-corrected chi connectivity index (χ4v) is 1.26. The number of nitrogens with zero attached hydrogens (tertiary/aromatic N) is 3. The molecule has 1 saturated carbocycles. The number of carbonyl (C=O) groups is 1. The second kappa shape index (κ2) is 2.53. The Labute approximate surface area is 74.3 Å². The molecule has 0 bridgehead atoms. The van der Waals surface area contributed by atoms with Gasteiger partial charge in [-0.25, -0.2) is 9.48 Å². The van der Waals surface area contributed by atoms with Crippen molar-refractivity contribution in [2.75, 3.05) is 0 Å². The van der Waals surface area contributed by atoms with Crippen molar-refractivity contribution in [2.45, 2.75) is 24.9 Å². The van der Waals surface area contributed by atoms with Gasteiger partial charge in [0.05, 0.1) is 11.9 Å². The second-order valence-corrected chi connectivity index (χ2v) is 3.20. The zero-order chi connectivity index (χ0) is 9.47. The molecule has 0 aliphatic heterocycles. The van der Waals surface area contributed by atoms with Crippen molar-refractivity contribution in [1.29, 1.82) is 0 Å². The summed E-state index contributed by atoms with van der Waals surface area (Å²) in [6.07, 6.45) is 2.84. The molecule has 13 heavy (non-hydrogen) atoms. The smallest absolute Gasteiger partial charge is 0.331 e. The quantitative estimate of drug-likeness (QED) is 0.645. The first-order valence-corrected chi connectivity index (χ1v) is 4.04. The summed E-state index contributed by atoms with van der Waals surface area (Å²) in [6.45, 7) is 0.287. The van der Waals surface area contributed by atoms with E-state index < -0.39 is 11.5 Å². The molecule has 3 N–H and O–H groups in total. The van der Waals surface area contributed by atoms with Gasteiger partial charge < -0.3 is 10.8 Å². The zero-order valence-electron chi connectivity index (χ0n) is 6.97. The molecule has 1 heterocycles. The summed E-state index contributed by atoms with van der Waals surface area (Å²) >= 11 is 0. The number of carboxylic acids is 1. The number of aromatic nitrogens is 3. The summed E-state index contributed by atoms with van der Waals surface area (Å²) in [5, 5.41) is 16.4. The van der Waals surface area contributed by atoms with E-state index in [4.69, 9.17) is 10.8 Å². The number of hydrogen-bond donors (Lipinski definition) is 2. The van der Waals surface area contributed by atoms with E-state index in [2.05, 4.69) is 10.3 Å². The third kappa shape index (κ3) is 1.10. The third-order valence-corrected chi connectivity index (χ3v) is 2.31. The van der Waals surface area contributed by atoms with Crippen molar-refractivity contribution >= 4 is 5.97 Å². The molecule has 0 atom stereocenters. The molecule has 1 aromatic rings. The molecule has 1 aliphatic carbocycles. The summed E-state index contributed by atoms with van der Waals surface area (Å²) in [5.74, 6) is -0.846. The van der Waals surface area contributed by atoms with Gasteiger partial charge in [0.15, 0.2) is 5.54 Å². The summed E-state index contributed by atoms with van der Waals surface area (Å²) in [4.78, 5) is 10.9.